The highest BCUT2D eigenvalue weighted by molar-refractivity contribution is 7.17. The molecular formula is C24H25ClN2O2S. The zero-order valence-corrected chi connectivity index (χ0v) is 18.7. The normalized spacial score (nSPS) is 15.4. The van der Waals surface area contributed by atoms with Gasteiger partial charge in [0.15, 0.2) is 0 Å². The van der Waals surface area contributed by atoms with Gasteiger partial charge in [0.05, 0.1) is 7.11 Å². The summed E-state index contributed by atoms with van der Waals surface area (Å²) in [5, 5.41) is 4.00. The van der Waals surface area contributed by atoms with Crippen LogP contribution in [0.4, 0.5) is 0 Å². The summed E-state index contributed by atoms with van der Waals surface area (Å²) in [5.41, 5.74) is 4.28. The third-order valence-electron chi connectivity index (χ3n) is 6.15. The van der Waals surface area contributed by atoms with Gasteiger partial charge >= 0.3 is 0 Å². The zero-order valence-electron chi connectivity index (χ0n) is 17.1. The number of halogens is 1. The number of nitrogens with zero attached hydrogens (tertiary/aromatic N) is 1. The van der Waals surface area contributed by atoms with Crippen LogP contribution in [-0.2, 0) is 0 Å². The van der Waals surface area contributed by atoms with E-state index in [4.69, 9.17) is 4.74 Å². The number of hydrogen-bond acceptors (Lipinski definition) is 4. The Balaban J connectivity index is 0.00000218. The molecule has 1 fully saturated rings. The number of aromatic nitrogens is 1. The number of hydrogen-bond donors (Lipinski definition) is 1. The van der Waals surface area contributed by atoms with Crippen molar-refractivity contribution in [3.63, 3.8) is 0 Å². The number of H-pyrrole nitrogens is 1. The average Bonchev–Trinajstić information content (AvgIpc) is 3.45. The predicted octanol–water partition coefficient (Wildman–Crippen LogP) is 6.00. The minimum atomic E-state index is -0.0339. The molecule has 4 aromatic rings. The van der Waals surface area contributed by atoms with Crippen LogP contribution in [0.2, 0.25) is 0 Å². The number of ether oxygens (including phenoxy) is 1. The summed E-state index contributed by atoms with van der Waals surface area (Å²) in [6, 6.07) is 15.2. The minimum Gasteiger partial charge on any atom is -0.496 e. The SMILES string of the molecule is COc1ccc2[nH]c(=O)c3sccc3c2c1-c1ccc(C(C)N2CCCC2)cc1.Cl. The molecule has 3 heterocycles. The summed E-state index contributed by atoms with van der Waals surface area (Å²) in [5.74, 6) is 0.817. The van der Waals surface area contributed by atoms with Crippen molar-refractivity contribution in [3.05, 3.63) is 63.8 Å². The summed E-state index contributed by atoms with van der Waals surface area (Å²) in [4.78, 5) is 18.0. The number of thiophene rings is 1. The Labute approximate surface area is 185 Å². The van der Waals surface area contributed by atoms with E-state index in [2.05, 4.69) is 41.1 Å². The van der Waals surface area contributed by atoms with Crippen molar-refractivity contribution in [1.29, 1.82) is 0 Å². The topological polar surface area (TPSA) is 45.3 Å². The second-order valence-electron chi connectivity index (χ2n) is 7.72. The zero-order chi connectivity index (χ0) is 20.0. The fourth-order valence-corrected chi connectivity index (χ4v) is 5.35. The largest absolute Gasteiger partial charge is 0.496 e. The maximum atomic E-state index is 12.4. The van der Waals surface area contributed by atoms with Crippen LogP contribution in [0.15, 0.2) is 52.6 Å². The molecule has 2 aromatic heterocycles. The first-order valence-electron chi connectivity index (χ1n) is 10.1. The highest BCUT2D eigenvalue weighted by Gasteiger charge is 2.20. The van der Waals surface area contributed by atoms with Crippen LogP contribution in [0.25, 0.3) is 32.1 Å². The van der Waals surface area contributed by atoms with E-state index >= 15 is 0 Å². The van der Waals surface area contributed by atoms with Gasteiger partial charge in [-0.25, -0.2) is 0 Å². The van der Waals surface area contributed by atoms with E-state index < -0.39 is 0 Å². The van der Waals surface area contributed by atoms with Crippen molar-refractivity contribution >= 4 is 44.7 Å². The lowest BCUT2D eigenvalue weighted by atomic mass is 9.95. The standard InChI is InChI=1S/C24H24N2O2S.ClH/c1-15(26-12-3-4-13-26)16-5-7-17(8-6-16)21-20(28-2)10-9-19-22(21)18-11-14-29-23(18)24(27)25-19;/h5-11,14-15H,3-4,12-13H2,1-2H3,(H,25,27);1H. The number of aromatic amines is 1. The molecule has 5 rings (SSSR count). The van der Waals surface area contributed by atoms with Crippen LogP contribution >= 0.6 is 23.7 Å². The first kappa shape index (κ1) is 20.9. The van der Waals surface area contributed by atoms with E-state index in [-0.39, 0.29) is 18.0 Å². The molecule has 2 aromatic carbocycles. The molecule has 4 nitrogen and oxygen atoms in total. The third kappa shape index (κ3) is 3.41. The van der Waals surface area contributed by atoms with Gasteiger partial charge in [0.25, 0.3) is 5.56 Å². The van der Waals surface area contributed by atoms with Crippen molar-refractivity contribution in [2.45, 2.75) is 25.8 Å². The van der Waals surface area contributed by atoms with E-state index in [0.29, 0.717) is 6.04 Å². The highest BCUT2D eigenvalue weighted by Crippen LogP contribution is 2.40. The Morgan fingerprint density at radius 3 is 2.50 bits per heavy atom. The Kier molecular flexibility index (Phi) is 5.87. The maximum Gasteiger partial charge on any atom is 0.266 e. The average molecular weight is 441 g/mol. The smallest absolute Gasteiger partial charge is 0.266 e. The van der Waals surface area contributed by atoms with Crippen LogP contribution in [0.5, 0.6) is 5.75 Å². The molecule has 1 saturated heterocycles. The van der Waals surface area contributed by atoms with E-state index in [1.807, 2.05) is 23.6 Å². The van der Waals surface area contributed by atoms with Crippen molar-refractivity contribution in [2.75, 3.05) is 20.2 Å². The minimum absolute atomic E-state index is 0. The van der Waals surface area contributed by atoms with E-state index in [1.165, 1.54) is 42.8 Å². The van der Waals surface area contributed by atoms with Gasteiger partial charge in [0.2, 0.25) is 0 Å². The summed E-state index contributed by atoms with van der Waals surface area (Å²) < 4.78 is 6.48. The van der Waals surface area contributed by atoms with Gasteiger partial charge in [-0.1, -0.05) is 24.3 Å². The molecule has 1 unspecified atom stereocenters. The molecule has 0 radical (unpaired) electrons. The number of pyridine rings is 1. The summed E-state index contributed by atoms with van der Waals surface area (Å²) in [6.45, 7) is 4.66. The molecule has 1 atom stereocenters. The molecule has 0 amide bonds. The van der Waals surface area contributed by atoms with Crippen molar-refractivity contribution in [2.24, 2.45) is 0 Å². The highest BCUT2D eigenvalue weighted by atomic mass is 35.5. The van der Waals surface area contributed by atoms with Crippen LogP contribution in [0, 0.1) is 0 Å². The van der Waals surface area contributed by atoms with Crippen molar-refractivity contribution in [3.8, 4) is 16.9 Å². The first-order valence-corrected chi connectivity index (χ1v) is 11.0. The van der Waals surface area contributed by atoms with Gasteiger partial charge in [0, 0.05) is 27.9 Å². The number of methoxy groups -OCH3 is 1. The van der Waals surface area contributed by atoms with Crippen LogP contribution in [-0.4, -0.2) is 30.1 Å². The van der Waals surface area contributed by atoms with Gasteiger partial charge in [-0.15, -0.1) is 23.7 Å². The molecule has 6 heteroatoms. The van der Waals surface area contributed by atoms with Crippen LogP contribution in [0.3, 0.4) is 0 Å². The molecule has 0 saturated carbocycles. The fraction of sp³-hybridized carbons (Fsp3) is 0.292. The number of fused-ring (bicyclic) bond motifs is 3. The predicted molar refractivity (Wildman–Crippen MR) is 128 cm³/mol. The molecular weight excluding hydrogens is 416 g/mol. The number of rotatable bonds is 4. The van der Waals surface area contributed by atoms with E-state index in [1.54, 1.807) is 7.11 Å². The quantitative estimate of drug-likeness (QED) is 0.423. The lowest BCUT2D eigenvalue weighted by molar-refractivity contribution is 0.263. The lowest BCUT2D eigenvalue weighted by Gasteiger charge is -2.24. The first-order chi connectivity index (χ1) is 14.2. The molecule has 0 aliphatic carbocycles. The molecule has 30 heavy (non-hydrogen) atoms. The van der Waals surface area contributed by atoms with E-state index in [9.17, 15) is 4.79 Å². The summed E-state index contributed by atoms with van der Waals surface area (Å²) >= 11 is 1.48. The van der Waals surface area contributed by atoms with Gasteiger partial charge in [-0.05, 0) is 67.6 Å². The molecule has 1 aliphatic heterocycles. The Hall–Kier alpha value is -2.34. The van der Waals surface area contributed by atoms with Crippen LogP contribution < -0.4 is 10.3 Å². The monoisotopic (exact) mass is 440 g/mol. The molecule has 0 bridgehead atoms. The summed E-state index contributed by atoms with van der Waals surface area (Å²) in [6.07, 6.45) is 2.59. The van der Waals surface area contributed by atoms with Gasteiger partial charge in [0.1, 0.15) is 10.4 Å². The lowest BCUT2D eigenvalue weighted by Crippen LogP contribution is -2.23. The van der Waals surface area contributed by atoms with Gasteiger partial charge in [-0.2, -0.15) is 0 Å². The van der Waals surface area contributed by atoms with Crippen molar-refractivity contribution < 1.29 is 4.74 Å². The molecule has 0 spiro atoms. The number of benzene rings is 2. The van der Waals surface area contributed by atoms with Crippen LogP contribution in [0.1, 0.15) is 31.4 Å². The van der Waals surface area contributed by atoms with E-state index in [0.717, 1.165) is 37.9 Å². The Morgan fingerprint density at radius 1 is 1.07 bits per heavy atom. The summed E-state index contributed by atoms with van der Waals surface area (Å²) in [7, 11) is 1.70. The molecule has 156 valence electrons. The third-order valence-corrected chi connectivity index (χ3v) is 7.06. The van der Waals surface area contributed by atoms with Gasteiger partial charge in [-0.3, -0.25) is 9.69 Å². The van der Waals surface area contributed by atoms with Gasteiger partial charge < -0.3 is 9.72 Å². The Bertz CT molecular complexity index is 1240. The maximum absolute atomic E-state index is 12.4. The number of likely N-dealkylation sites (tertiary alicyclic amines) is 1. The fourth-order valence-electron chi connectivity index (χ4n) is 4.55. The number of nitrogens with one attached hydrogen (secondary N) is 1. The van der Waals surface area contributed by atoms with Crippen molar-refractivity contribution in [1.82, 2.24) is 9.88 Å². The Morgan fingerprint density at radius 2 is 1.80 bits per heavy atom. The molecule has 1 aliphatic rings. The second kappa shape index (κ2) is 8.42. The molecule has 1 N–H and O–H groups in total. The second-order valence-corrected chi connectivity index (χ2v) is 8.64.